The van der Waals surface area contributed by atoms with Crippen LogP contribution in [0.15, 0.2) is 322 Å². The topological polar surface area (TPSA) is 17.9 Å². The molecule has 0 spiro atoms. The predicted octanol–water partition coefficient (Wildman–Crippen LogP) is 22.0. The van der Waals surface area contributed by atoms with Gasteiger partial charge in [-0.1, -0.05) is 184 Å². The zero-order valence-electron chi connectivity index (χ0n) is 46.5. The maximum atomic E-state index is 4.86. The molecule has 396 valence electrons. The van der Waals surface area contributed by atoms with Crippen LogP contribution in [0, 0.1) is 6.92 Å². The van der Waals surface area contributed by atoms with E-state index >= 15 is 0 Å². The minimum Gasteiger partial charge on any atom is -0.311 e. The maximum absolute atomic E-state index is 4.86. The molecule has 13 aromatic rings. The fourth-order valence-electron chi connectivity index (χ4n) is 11.3. The lowest BCUT2D eigenvalue weighted by atomic mass is 10.0. The molecule has 0 bridgehead atoms. The molecule has 0 aliphatic carbocycles. The number of fused-ring (bicyclic) bond motifs is 3. The number of hydrogen-bond donors (Lipinski definition) is 0. The van der Waals surface area contributed by atoms with Crippen LogP contribution in [0.3, 0.4) is 0 Å². The summed E-state index contributed by atoms with van der Waals surface area (Å²) in [4.78, 5) is 9.29. The Morgan fingerprint density at radius 2 is 0.707 bits per heavy atom. The van der Waals surface area contributed by atoms with Crippen LogP contribution in [0.4, 0.5) is 62.6 Å². The summed E-state index contributed by atoms with van der Waals surface area (Å²) < 4.78 is 2.38. The summed E-state index contributed by atoms with van der Waals surface area (Å²) in [5.41, 5.74) is 17.0. The average molecular weight is 1060 g/mol. The molecule has 13 rings (SSSR count). The Balaban J connectivity index is 0.00000329. The number of para-hydroxylation sites is 5. The van der Waals surface area contributed by atoms with Gasteiger partial charge in [-0.05, 0) is 175 Å². The molecule has 0 radical (unpaired) electrons. The van der Waals surface area contributed by atoms with E-state index in [-0.39, 0.29) is 0 Å². The van der Waals surface area contributed by atoms with Gasteiger partial charge in [-0.25, -0.2) is 0 Å². The van der Waals surface area contributed by atoms with E-state index in [0.717, 1.165) is 107 Å². The molecule has 5 heteroatoms. The van der Waals surface area contributed by atoms with E-state index in [1.807, 2.05) is 13.8 Å². The lowest BCUT2D eigenvalue weighted by molar-refractivity contribution is 1.10. The van der Waals surface area contributed by atoms with Gasteiger partial charge in [0.2, 0.25) is 0 Å². The highest BCUT2D eigenvalue weighted by atomic mass is 15.2. The number of hydrogen-bond acceptors (Lipinski definition) is 4. The van der Waals surface area contributed by atoms with Crippen LogP contribution in [0.2, 0.25) is 0 Å². The van der Waals surface area contributed by atoms with Gasteiger partial charge >= 0.3 is 0 Å². The largest absolute Gasteiger partial charge is 0.311 e. The van der Waals surface area contributed by atoms with Crippen molar-refractivity contribution in [3.8, 4) is 5.69 Å². The van der Waals surface area contributed by atoms with Gasteiger partial charge in [0.25, 0.3) is 0 Å². The molecule has 82 heavy (non-hydrogen) atoms. The van der Waals surface area contributed by atoms with E-state index in [1.165, 1.54) is 10.8 Å². The molecule has 0 fully saturated rings. The van der Waals surface area contributed by atoms with Crippen LogP contribution >= 0.6 is 0 Å². The van der Waals surface area contributed by atoms with Gasteiger partial charge in [-0.2, -0.15) is 0 Å². The number of aromatic nitrogens is 1. The van der Waals surface area contributed by atoms with Gasteiger partial charge in [0.15, 0.2) is 0 Å². The molecular weight excluding hydrogens is 995 g/mol. The molecule has 1 heterocycles. The number of benzene rings is 12. The average Bonchev–Trinajstić information content (AvgIpc) is 4.08. The summed E-state index contributed by atoms with van der Waals surface area (Å²) in [6, 6.07) is 108. The van der Waals surface area contributed by atoms with Crippen LogP contribution in [0.1, 0.15) is 25.1 Å². The normalized spacial score (nSPS) is 11.1. The van der Waals surface area contributed by atoms with E-state index in [2.05, 4.69) is 347 Å². The van der Waals surface area contributed by atoms with Gasteiger partial charge in [-0.3, -0.25) is 0 Å². The van der Waals surface area contributed by atoms with Gasteiger partial charge in [0.1, 0.15) is 0 Å². The van der Waals surface area contributed by atoms with Crippen LogP contribution in [-0.4, -0.2) is 4.57 Å². The number of allylic oxidation sites excluding steroid dienone is 1. The Hall–Kier alpha value is -10.6. The van der Waals surface area contributed by atoms with Crippen LogP contribution < -0.4 is 19.6 Å². The lowest BCUT2D eigenvalue weighted by Gasteiger charge is -2.29. The maximum Gasteiger partial charge on any atom is 0.0540 e. The summed E-state index contributed by atoms with van der Waals surface area (Å²) >= 11 is 0. The highest BCUT2D eigenvalue weighted by Gasteiger charge is 2.23. The Bertz CT molecular complexity index is 4220. The van der Waals surface area contributed by atoms with Crippen molar-refractivity contribution in [1.29, 1.82) is 0 Å². The van der Waals surface area contributed by atoms with E-state index in [1.54, 1.807) is 0 Å². The molecule has 5 nitrogen and oxygen atoms in total. The standard InChI is InChI=1S/C75H57N5.C2H6/c1-55(76(73-40-22-26-57-24-18-20-38-69(57)73)64-43-45-65(46-44-64)77(59-28-8-3-9-29-59)60-30-10-4-11-31-60)42-52-72-56(2)71-54-68(51-53-75(71)80(72)63-36-16-7-17-37-63)79(74-41-23-27-58-25-19-21-39-70(58)74)67-49-47-66(48-50-67)78(61-32-12-5-13-33-61)62-34-14-6-15-35-62;1-2/h3-54H,1H2,2H3;1-2H3/b52-42-;. The highest BCUT2D eigenvalue weighted by Crippen LogP contribution is 2.45. The first kappa shape index (κ1) is 52.1. The monoisotopic (exact) mass is 1060 g/mol. The lowest BCUT2D eigenvalue weighted by Crippen LogP contribution is -2.15. The molecule has 0 saturated heterocycles. The summed E-state index contributed by atoms with van der Waals surface area (Å²) in [6.07, 6.45) is 4.42. The number of nitrogens with zero attached hydrogens (tertiary/aromatic N) is 5. The molecule has 0 N–H and O–H groups in total. The first-order chi connectivity index (χ1) is 40.6. The van der Waals surface area contributed by atoms with Crippen molar-refractivity contribution in [3.05, 3.63) is 333 Å². The molecule has 12 aromatic carbocycles. The SMILES string of the molecule is C=C(/C=C\c1c(C)c2cc(N(c3ccc(N(c4ccccc4)c4ccccc4)cc3)c3cccc4ccccc34)ccc2n1-c1ccccc1)N(c1ccc(N(c2ccccc2)c2ccccc2)cc1)c1cccc2ccccc12.CC. The molecule has 0 saturated carbocycles. The van der Waals surface area contributed by atoms with E-state index in [4.69, 9.17) is 6.58 Å². The minimum atomic E-state index is 0.825. The molecule has 0 atom stereocenters. The summed E-state index contributed by atoms with van der Waals surface area (Å²) in [6.45, 7) is 11.1. The van der Waals surface area contributed by atoms with Crippen LogP contribution in [0.5, 0.6) is 0 Å². The summed E-state index contributed by atoms with van der Waals surface area (Å²) in [5, 5.41) is 5.81. The molecule has 0 amide bonds. The molecule has 0 aliphatic rings. The van der Waals surface area contributed by atoms with Crippen molar-refractivity contribution in [2.75, 3.05) is 19.6 Å². The summed E-state index contributed by atoms with van der Waals surface area (Å²) in [7, 11) is 0. The van der Waals surface area contributed by atoms with Gasteiger partial charge in [0.05, 0.1) is 16.9 Å². The van der Waals surface area contributed by atoms with Crippen molar-refractivity contribution in [3.63, 3.8) is 0 Å². The van der Waals surface area contributed by atoms with Gasteiger partial charge in [-0.15, -0.1) is 0 Å². The number of anilines is 11. The molecular formula is C77H63N5. The van der Waals surface area contributed by atoms with E-state index < -0.39 is 0 Å². The first-order valence-corrected chi connectivity index (χ1v) is 28.2. The number of aryl methyl sites for hydroxylation is 1. The van der Waals surface area contributed by atoms with Crippen molar-refractivity contribution >= 4 is 101 Å². The molecule has 1 aromatic heterocycles. The zero-order valence-corrected chi connectivity index (χ0v) is 46.5. The highest BCUT2D eigenvalue weighted by molar-refractivity contribution is 6.02. The Labute approximate surface area is 482 Å². The first-order valence-electron chi connectivity index (χ1n) is 28.2. The van der Waals surface area contributed by atoms with E-state index in [9.17, 15) is 0 Å². The van der Waals surface area contributed by atoms with Crippen molar-refractivity contribution in [2.45, 2.75) is 20.8 Å². The quantitative estimate of drug-likeness (QED) is 0.0952. The smallest absolute Gasteiger partial charge is 0.0540 e. The second kappa shape index (κ2) is 23.8. The third kappa shape index (κ3) is 10.3. The Morgan fingerprint density at radius 3 is 1.20 bits per heavy atom. The van der Waals surface area contributed by atoms with Crippen LogP contribution in [-0.2, 0) is 0 Å². The van der Waals surface area contributed by atoms with Crippen molar-refractivity contribution in [2.24, 2.45) is 0 Å². The van der Waals surface area contributed by atoms with E-state index in [0.29, 0.717) is 0 Å². The fourth-order valence-corrected chi connectivity index (χ4v) is 11.3. The third-order valence-corrected chi connectivity index (χ3v) is 15.0. The fraction of sp³-hybridized carbons (Fsp3) is 0.0390. The van der Waals surface area contributed by atoms with Crippen LogP contribution in [0.25, 0.3) is 44.2 Å². The Morgan fingerprint density at radius 1 is 0.341 bits per heavy atom. The van der Waals surface area contributed by atoms with Gasteiger partial charge < -0.3 is 24.2 Å². The Kier molecular flexibility index (Phi) is 15.1. The second-order valence-corrected chi connectivity index (χ2v) is 19.9. The van der Waals surface area contributed by atoms with Gasteiger partial charge in [0, 0.05) is 84.4 Å². The van der Waals surface area contributed by atoms with Crippen molar-refractivity contribution in [1.82, 2.24) is 4.57 Å². The summed E-state index contributed by atoms with van der Waals surface area (Å²) in [5.74, 6) is 0. The molecule has 0 unspecified atom stereocenters. The predicted molar refractivity (Wildman–Crippen MR) is 352 cm³/mol. The van der Waals surface area contributed by atoms with Crippen molar-refractivity contribution < 1.29 is 0 Å². The minimum absolute atomic E-state index is 0.825. The number of rotatable bonds is 15. The third-order valence-electron chi connectivity index (χ3n) is 15.0. The molecule has 0 aliphatic heterocycles. The zero-order chi connectivity index (χ0) is 55.8. The second-order valence-electron chi connectivity index (χ2n) is 19.9.